The summed E-state index contributed by atoms with van der Waals surface area (Å²) in [6.45, 7) is 7.77. The number of pyridine rings is 2. The predicted molar refractivity (Wildman–Crippen MR) is 176 cm³/mol. The second-order valence-electron chi connectivity index (χ2n) is 13.2. The van der Waals surface area contributed by atoms with E-state index in [4.69, 9.17) is 19.2 Å². The molecule has 0 spiro atoms. The molecule has 5 heterocycles. The van der Waals surface area contributed by atoms with Gasteiger partial charge >= 0.3 is 24.0 Å². The molecule has 3 aliphatic rings. The van der Waals surface area contributed by atoms with Gasteiger partial charge < -0.3 is 33.9 Å². The lowest BCUT2D eigenvalue weighted by Gasteiger charge is -2.32. The molecule has 1 fully saturated rings. The predicted octanol–water partition coefficient (Wildman–Crippen LogP) is 4.29. The number of benzene rings is 1. The highest BCUT2D eigenvalue weighted by Crippen LogP contribution is 2.41. The van der Waals surface area contributed by atoms with Crippen LogP contribution in [-0.4, -0.2) is 68.4 Å². The van der Waals surface area contributed by atoms with Crippen LogP contribution in [0.4, 0.5) is 4.79 Å². The largest absolute Gasteiger partial charge is 0.480 e. The third-order valence-electron chi connectivity index (χ3n) is 10.5. The molecule has 1 aromatic carbocycles. The number of aromatic nitrogens is 2. The molecule has 2 N–H and O–H groups in total. The number of cyclic esters (lactones) is 1. The average Bonchev–Trinajstić information content (AvgIpc) is 3.46. The van der Waals surface area contributed by atoms with Crippen molar-refractivity contribution in [2.75, 3.05) is 19.7 Å². The highest BCUT2D eigenvalue weighted by molar-refractivity contribution is 5.98. The van der Waals surface area contributed by atoms with E-state index in [1.165, 1.54) is 6.92 Å². The Morgan fingerprint density at radius 3 is 2.49 bits per heavy atom. The summed E-state index contributed by atoms with van der Waals surface area (Å²) in [5.74, 6) is -2.20. The Kier molecular flexibility index (Phi) is 8.99. The van der Waals surface area contributed by atoms with Crippen LogP contribution < -0.4 is 10.3 Å². The van der Waals surface area contributed by atoms with Gasteiger partial charge in [-0.2, -0.15) is 0 Å². The highest BCUT2D eigenvalue weighted by atomic mass is 16.6. The number of carbonyl (C=O) groups excluding carboxylic acids is 3. The maximum absolute atomic E-state index is 13.6. The smallest absolute Gasteiger partial charge is 0.415 e. The van der Waals surface area contributed by atoms with E-state index in [1.807, 2.05) is 6.92 Å². The number of amides is 1. The first-order valence-corrected chi connectivity index (χ1v) is 16.9. The zero-order valence-electron chi connectivity index (χ0n) is 28.2. The minimum atomic E-state index is -1.91. The number of hydrogen-bond donors (Lipinski definition) is 2. The lowest BCUT2D eigenvalue weighted by molar-refractivity contribution is -0.172. The van der Waals surface area contributed by atoms with Gasteiger partial charge in [0.2, 0.25) is 0 Å². The topological polar surface area (TPSA) is 175 Å². The molecular weight excluding hydrogens is 634 g/mol. The number of fused-ring (bicyclic) bond motifs is 5. The fraction of sp³-hybridized carbons (Fsp3) is 0.500. The molecule has 0 bridgehead atoms. The van der Waals surface area contributed by atoms with Crippen molar-refractivity contribution in [3.8, 4) is 17.1 Å². The Morgan fingerprint density at radius 1 is 1.10 bits per heavy atom. The van der Waals surface area contributed by atoms with E-state index in [0.29, 0.717) is 61.4 Å². The molecule has 2 unspecified atom stereocenters. The van der Waals surface area contributed by atoms with E-state index in [-0.39, 0.29) is 55.2 Å². The van der Waals surface area contributed by atoms with Crippen LogP contribution in [0.15, 0.2) is 29.1 Å². The first-order chi connectivity index (χ1) is 23.4. The van der Waals surface area contributed by atoms with E-state index in [2.05, 4.69) is 0 Å². The first kappa shape index (κ1) is 34.1. The number of aliphatic hydroxyl groups is 1. The Balaban J connectivity index is 1.18. The number of likely N-dealkylation sites (tertiary alicyclic amines) is 1. The number of aliphatic carboxylic acids is 1. The number of ether oxygens (including phenoxy) is 3. The van der Waals surface area contributed by atoms with Crippen LogP contribution in [0.3, 0.4) is 0 Å². The normalized spacial score (nSPS) is 19.8. The Hall–Kier alpha value is -4.78. The van der Waals surface area contributed by atoms with Crippen LogP contribution in [0.2, 0.25) is 0 Å². The van der Waals surface area contributed by atoms with Crippen molar-refractivity contribution in [1.29, 1.82) is 0 Å². The molecule has 0 aliphatic carbocycles. The molecule has 0 radical (unpaired) electrons. The van der Waals surface area contributed by atoms with Crippen molar-refractivity contribution in [2.24, 2.45) is 11.3 Å². The Bertz CT molecular complexity index is 1930. The number of piperidine rings is 1. The van der Waals surface area contributed by atoms with Gasteiger partial charge in [-0.05, 0) is 88.1 Å². The molecule has 2 aromatic heterocycles. The van der Waals surface area contributed by atoms with Crippen molar-refractivity contribution < 1.29 is 43.6 Å². The van der Waals surface area contributed by atoms with E-state index in [0.717, 1.165) is 16.5 Å². The molecule has 260 valence electrons. The van der Waals surface area contributed by atoms with Crippen molar-refractivity contribution in [3.63, 3.8) is 0 Å². The molecule has 49 heavy (non-hydrogen) atoms. The monoisotopic (exact) mass is 675 g/mol. The zero-order valence-corrected chi connectivity index (χ0v) is 28.2. The van der Waals surface area contributed by atoms with Crippen LogP contribution in [0, 0.1) is 11.3 Å². The minimum Gasteiger partial charge on any atom is -0.480 e. The number of hydrogen-bond acceptors (Lipinski definition) is 10. The van der Waals surface area contributed by atoms with Gasteiger partial charge in [-0.15, -0.1) is 0 Å². The molecule has 1 amide bonds. The Morgan fingerprint density at radius 2 is 1.84 bits per heavy atom. The zero-order chi connectivity index (χ0) is 35.2. The highest BCUT2D eigenvalue weighted by Gasteiger charge is 2.46. The molecule has 6 rings (SSSR count). The van der Waals surface area contributed by atoms with Gasteiger partial charge in [0.15, 0.2) is 11.0 Å². The summed E-state index contributed by atoms with van der Waals surface area (Å²) in [6.07, 6.45) is 2.17. The maximum atomic E-state index is 13.6. The molecule has 3 aromatic rings. The number of carboxylic acid groups (broad SMARTS) is 1. The van der Waals surface area contributed by atoms with E-state index in [9.17, 15) is 34.2 Å². The maximum Gasteiger partial charge on any atom is 0.415 e. The molecule has 2 atom stereocenters. The summed E-state index contributed by atoms with van der Waals surface area (Å²) in [5, 5.41) is 21.6. The molecule has 1 saturated heterocycles. The Labute approximate surface area is 282 Å². The molecular formula is C36H41N3O10. The molecule has 13 heteroatoms. The first-order valence-electron chi connectivity index (χ1n) is 16.9. The third kappa shape index (κ3) is 5.73. The number of aryl methyl sites for hydroxylation is 1. The van der Waals surface area contributed by atoms with Crippen molar-refractivity contribution in [2.45, 2.75) is 85.0 Å². The van der Waals surface area contributed by atoms with Gasteiger partial charge in [0, 0.05) is 29.6 Å². The number of rotatable bonds is 9. The van der Waals surface area contributed by atoms with Gasteiger partial charge in [0.25, 0.3) is 5.56 Å². The molecule has 13 nitrogen and oxygen atoms in total. The second kappa shape index (κ2) is 12.9. The standard InChI is InChI=1S/C36H41N3O10/c1-5-22-23-16-21(49-34(45)38-14-11-20(12-15-38)10-13-35(4,31(41)42)32(43)47-7-3)8-9-27(23)37-29-24(22)18-39-28(29)17-26-25(30(39)40)19-48-33(44)36(26,46)6-2/h8-9,16-17,20,46H,5-7,10-15,18-19H2,1-4H3,(H,41,42). The SMILES string of the molecule is CCOC(=O)C(C)(CCC1CCN(C(=O)Oc2ccc3nc4c(c(CC)c3c2)Cn2c-4cc3c(c2=O)COC(=O)C3(O)CC)CC1)C(=O)O. The van der Waals surface area contributed by atoms with Crippen LogP contribution >= 0.6 is 0 Å². The van der Waals surface area contributed by atoms with Crippen molar-refractivity contribution in [3.05, 3.63) is 56.9 Å². The van der Waals surface area contributed by atoms with Crippen LogP contribution in [0.1, 0.15) is 82.1 Å². The van der Waals surface area contributed by atoms with E-state index in [1.54, 1.807) is 47.6 Å². The summed E-state index contributed by atoms with van der Waals surface area (Å²) in [4.78, 5) is 70.0. The third-order valence-corrected chi connectivity index (χ3v) is 10.5. The van der Waals surface area contributed by atoms with Crippen LogP contribution in [0.5, 0.6) is 5.75 Å². The molecule has 0 saturated carbocycles. The van der Waals surface area contributed by atoms with Crippen molar-refractivity contribution in [1.82, 2.24) is 14.5 Å². The van der Waals surface area contributed by atoms with Gasteiger partial charge in [-0.3, -0.25) is 14.4 Å². The fourth-order valence-corrected chi connectivity index (χ4v) is 7.26. The van der Waals surface area contributed by atoms with Gasteiger partial charge in [-0.1, -0.05) is 13.8 Å². The number of carbonyl (C=O) groups is 4. The summed E-state index contributed by atoms with van der Waals surface area (Å²) in [5.41, 5.74) is 0.277. The number of nitrogens with zero attached hydrogens (tertiary/aromatic N) is 3. The molecule has 3 aliphatic heterocycles. The fourth-order valence-electron chi connectivity index (χ4n) is 7.26. The summed E-state index contributed by atoms with van der Waals surface area (Å²) < 4.78 is 17.6. The average molecular weight is 676 g/mol. The van der Waals surface area contributed by atoms with Gasteiger partial charge in [0.05, 0.1) is 35.6 Å². The van der Waals surface area contributed by atoms with Crippen LogP contribution in [0.25, 0.3) is 22.3 Å². The van der Waals surface area contributed by atoms with Gasteiger partial charge in [0.1, 0.15) is 12.4 Å². The van der Waals surface area contributed by atoms with E-state index >= 15 is 0 Å². The summed E-state index contributed by atoms with van der Waals surface area (Å²) in [6, 6.07) is 6.92. The summed E-state index contributed by atoms with van der Waals surface area (Å²) in [7, 11) is 0. The second-order valence-corrected chi connectivity index (χ2v) is 13.2. The van der Waals surface area contributed by atoms with Gasteiger partial charge in [-0.25, -0.2) is 14.6 Å². The summed E-state index contributed by atoms with van der Waals surface area (Å²) >= 11 is 0. The number of esters is 2. The van der Waals surface area contributed by atoms with Crippen molar-refractivity contribution >= 4 is 34.9 Å². The lowest BCUT2D eigenvalue weighted by atomic mass is 9.80. The number of carboxylic acids is 1. The minimum absolute atomic E-state index is 0.0584. The van der Waals surface area contributed by atoms with Crippen LogP contribution in [-0.2, 0) is 49.0 Å². The van der Waals surface area contributed by atoms with E-state index < -0.39 is 35.0 Å². The lowest BCUT2D eigenvalue weighted by Crippen LogP contribution is -2.44. The quantitative estimate of drug-likeness (QED) is 0.191.